The Morgan fingerprint density at radius 2 is 1.30 bits per heavy atom. The Morgan fingerprint density at radius 1 is 0.650 bits per heavy atom. The van der Waals surface area contributed by atoms with Gasteiger partial charge in [-0.15, -0.1) is 0 Å². The van der Waals surface area contributed by atoms with Crippen LogP contribution >= 0.6 is 0 Å². The summed E-state index contributed by atoms with van der Waals surface area (Å²) in [5.41, 5.74) is 1.14. The van der Waals surface area contributed by atoms with Crippen molar-refractivity contribution in [1.29, 1.82) is 0 Å². The van der Waals surface area contributed by atoms with Crippen LogP contribution in [0.1, 0.15) is 5.56 Å². The van der Waals surface area contributed by atoms with Gasteiger partial charge in [-0.3, -0.25) is 0 Å². The van der Waals surface area contributed by atoms with E-state index < -0.39 is 0 Å². The van der Waals surface area contributed by atoms with Gasteiger partial charge in [0, 0.05) is 10.8 Å². The molecule has 0 nitrogen and oxygen atoms in total. The second-order valence-corrected chi connectivity index (χ2v) is 5.19. The van der Waals surface area contributed by atoms with Gasteiger partial charge in [-0.05, 0) is 34.0 Å². The topological polar surface area (TPSA) is 0 Å². The second-order valence-electron chi connectivity index (χ2n) is 5.19. The molecule has 96 valence electrons. The summed E-state index contributed by atoms with van der Waals surface area (Å²) in [7, 11) is 0. The van der Waals surface area contributed by atoms with Crippen LogP contribution in [0.5, 0.6) is 0 Å². The molecule has 0 saturated heterocycles. The van der Waals surface area contributed by atoms with E-state index in [1.165, 1.54) is 0 Å². The molecule has 0 fully saturated rings. The van der Waals surface area contributed by atoms with Crippen LogP contribution in [0.3, 0.4) is 0 Å². The van der Waals surface area contributed by atoms with Crippen LogP contribution in [-0.2, 0) is 0 Å². The first-order chi connectivity index (χ1) is 9.77. The highest BCUT2D eigenvalue weighted by Crippen LogP contribution is 2.35. The molecular weight excluding hydrogens is 247 g/mol. The molecule has 0 spiro atoms. The molecule has 20 heavy (non-hydrogen) atoms. The van der Waals surface area contributed by atoms with Gasteiger partial charge in [-0.25, -0.2) is 4.39 Å². The van der Waals surface area contributed by atoms with E-state index in [2.05, 4.69) is 13.0 Å². The summed E-state index contributed by atoms with van der Waals surface area (Å²) in [5, 5.41) is 5.49. The molecule has 0 aliphatic carbocycles. The Labute approximate surface area is 116 Å². The molecule has 0 bridgehead atoms. The molecule has 0 radical (unpaired) electrons. The number of hydrogen-bond acceptors (Lipinski definition) is 0. The van der Waals surface area contributed by atoms with Gasteiger partial charge < -0.3 is 0 Å². The highest BCUT2D eigenvalue weighted by Gasteiger charge is 2.13. The van der Waals surface area contributed by atoms with E-state index >= 15 is 0 Å². The predicted molar refractivity (Wildman–Crippen MR) is 83.7 cm³/mol. The van der Waals surface area contributed by atoms with Crippen LogP contribution in [0.25, 0.3) is 32.3 Å². The number of fused-ring (bicyclic) bond motifs is 4. The van der Waals surface area contributed by atoms with Crippen molar-refractivity contribution in [2.24, 2.45) is 0 Å². The zero-order chi connectivity index (χ0) is 13.7. The molecule has 0 amide bonds. The van der Waals surface area contributed by atoms with Crippen molar-refractivity contribution in [3.05, 3.63) is 72.0 Å². The van der Waals surface area contributed by atoms with Crippen LogP contribution in [0.4, 0.5) is 4.39 Å². The van der Waals surface area contributed by atoms with Crippen molar-refractivity contribution in [3.8, 4) is 0 Å². The first kappa shape index (κ1) is 11.4. The van der Waals surface area contributed by atoms with Gasteiger partial charge in [0.2, 0.25) is 0 Å². The number of halogens is 1. The smallest absolute Gasteiger partial charge is 0.139 e. The van der Waals surface area contributed by atoms with Crippen molar-refractivity contribution in [3.63, 3.8) is 0 Å². The van der Waals surface area contributed by atoms with Crippen molar-refractivity contribution >= 4 is 32.3 Å². The maximum absolute atomic E-state index is 15.0. The lowest BCUT2D eigenvalue weighted by atomic mass is 9.93. The Morgan fingerprint density at radius 3 is 2.10 bits per heavy atom. The molecule has 0 atom stereocenters. The Balaban J connectivity index is 2.38. The van der Waals surface area contributed by atoms with E-state index in [1.54, 1.807) is 0 Å². The zero-order valence-corrected chi connectivity index (χ0v) is 11.2. The molecule has 4 aromatic carbocycles. The molecule has 4 aromatic rings. The molecular formula is C19H13F. The van der Waals surface area contributed by atoms with E-state index in [0.717, 1.165) is 32.5 Å². The fourth-order valence-corrected chi connectivity index (χ4v) is 3.10. The molecule has 0 heterocycles. The zero-order valence-electron chi connectivity index (χ0n) is 11.2. The average Bonchev–Trinajstić information content (AvgIpc) is 2.51. The monoisotopic (exact) mass is 260 g/mol. The highest BCUT2D eigenvalue weighted by atomic mass is 19.1. The SMILES string of the molecule is Cc1c2ccccc2c(F)c2c1ccc1ccccc12. The van der Waals surface area contributed by atoms with Crippen LogP contribution < -0.4 is 0 Å². The first-order valence-electron chi connectivity index (χ1n) is 6.75. The molecule has 0 saturated carbocycles. The number of aryl methyl sites for hydroxylation is 1. The summed E-state index contributed by atoms with van der Waals surface area (Å²) in [6.07, 6.45) is 0. The van der Waals surface area contributed by atoms with Crippen molar-refractivity contribution in [2.45, 2.75) is 6.92 Å². The Bertz CT molecular complexity index is 967. The molecule has 0 aliphatic heterocycles. The largest absolute Gasteiger partial charge is 0.206 e. The fraction of sp³-hybridized carbons (Fsp3) is 0.0526. The third-order valence-electron chi connectivity index (χ3n) is 4.12. The van der Waals surface area contributed by atoms with Crippen LogP contribution in [0, 0.1) is 12.7 Å². The quantitative estimate of drug-likeness (QED) is 0.285. The van der Waals surface area contributed by atoms with Crippen LogP contribution in [0.15, 0.2) is 60.7 Å². The molecule has 0 aromatic heterocycles. The summed E-state index contributed by atoms with van der Waals surface area (Å²) < 4.78 is 15.0. The lowest BCUT2D eigenvalue weighted by molar-refractivity contribution is 0.652. The third kappa shape index (κ3) is 1.41. The Hall–Kier alpha value is -2.41. The lowest BCUT2D eigenvalue weighted by Gasteiger charge is -2.12. The van der Waals surface area contributed by atoms with E-state index in [-0.39, 0.29) is 5.82 Å². The number of rotatable bonds is 0. The maximum atomic E-state index is 15.0. The molecule has 4 rings (SSSR count). The van der Waals surface area contributed by atoms with E-state index in [0.29, 0.717) is 5.39 Å². The van der Waals surface area contributed by atoms with Crippen molar-refractivity contribution in [2.75, 3.05) is 0 Å². The lowest BCUT2D eigenvalue weighted by Crippen LogP contribution is -1.90. The Kier molecular flexibility index (Phi) is 2.31. The molecule has 0 N–H and O–H groups in total. The summed E-state index contributed by atoms with van der Waals surface area (Å²) in [4.78, 5) is 0. The van der Waals surface area contributed by atoms with Crippen LogP contribution in [-0.4, -0.2) is 0 Å². The minimum absolute atomic E-state index is 0.113. The van der Waals surface area contributed by atoms with Gasteiger partial charge in [0.25, 0.3) is 0 Å². The van der Waals surface area contributed by atoms with Gasteiger partial charge in [-0.2, -0.15) is 0 Å². The van der Waals surface area contributed by atoms with E-state index in [9.17, 15) is 4.39 Å². The van der Waals surface area contributed by atoms with Crippen molar-refractivity contribution in [1.82, 2.24) is 0 Å². The van der Waals surface area contributed by atoms with Crippen LogP contribution in [0.2, 0.25) is 0 Å². The standard InChI is InChI=1S/C19H13F/c1-12-14-7-4-5-9-17(14)19(20)18-15(12)11-10-13-6-2-3-8-16(13)18/h2-11H,1H3. The minimum Gasteiger partial charge on any atom is -0.206 e. The normalized spacial score (nSPS) is 11.5. The first-order valence-corrected chi connectivity index (χ1v) is 6.75. The molecule has 0 aliphatic rings. The second kappa shape index (κ2) is 4.04. The highest BCUT2D eigenvalue weighted by molar-refractivity contribution is 6.14. The van der Waals surface area contributed by atoms with Gasteiger partial charge >= 0.3 is 0 Å². The summed E-state index contributed by atoms with van der Waals surface area (Å²) in [6.45, 7) is 2.07. The number of hydrogen-bond donors (Lipinski definition) is 0. The predicted octanol–water partition coefficient (Wildman–Crippen LogP) is 5.59. The van der Waals surface area contributed by atoms with Gasteiger partial charge in [0.1, 0.15) is 5.82 Å². The van der Waals surface area contributed by atoms with E-state index in [4.69, 9.17) is 0 Å². The maximum Gasteiger partial charge on any atom is 0.139 e. The fourth-order valence-electron chi connectivity index (χ4n) is 3.10. The van der Waals surface area contributed by atoms with Gasteiger partial charge in [-0.1, -0.05) is 60.7 Å². The average molecular weight is 260 g/mol. The third-order valence-corrected chi connectivity index (χ3v) is 4.12. The van der Waals surface area contributed by atoms with Crippen molar-refractivity contribution < 1.29 is 4.39 Å². The minimum atomic E-state index is -0.113. The van der Waals surface area contributed by atoms with Gasteiger partial charge in [0.15, 0.2) is 0 Å². The molecule has 0 unspecified atom stereocenters. The van der Waals surface area contributed by atoms with Gasteiger partial charge in [0.05, 0.1) is 0 Å². The molecule has 1 heteroatoms. The summed E-state index contributed by atoms with van der Waals surface area (Å²) in [5.74, 6) is -0.113. The van der Waals surface area contributed by atoms with E-state index in [1.807, 2.05) is 54.6 Å². The summed E-state index contributed by atoms with van der Waals surface area (Å²) in [6, 6.07) is 19.8. The summed E-state index contributed by atoms with van der Waals surface area (Å²) >= 11 is 0. The number of benzene rings is 4.